The lowest BCUT2D eigenvalue weighted by Gasteiger charge is -2.08. The van der Waals surface area contributed by atoms with Crippen molar-refractivity contribution in [1.29, 1.82) is 0 Å². The fraction of sp³-hybridized carbons (Fsp3) is 0.0870. The maximum Gasteiger partial charge on any atom is 0.261 e. The van der Waals surface area contributed by atoms with Crippen LogP contribution in [0, 0.1) is 18.6 Å². The highest BCUT2D eigenvalue weighted by Gasteiger charge is 2.16. The SMILES string of the molecule is Cc1cc(NC(=O)c2cccc(F)c2)sc1C(=O)NCc1ccc(-n2ccnc2)c(F)c1. The number of anilines is 1. The minimum atomic E-state index is -0.505. The Bertz CT molecular complexity index is 1290. The largest absolute Gasteiger partial charge is 0.347 e. The van der Waals surface area contributed by atoms with E-state index in [1.165, 1.54) is 30.6 Å². The molecule has 0 atom stereocenters. The number of hydrogen-bond acceptors (Lipinski definition) is 4. The summed E-state index contributed by atoms with van der Waals surface area (Å²) >= 11 is 1.11. The summed E-state index contributed by atoms with van der Waals surface area (Å²) in [5.41, 5.74) is 1.84. The number of thiophene rings is 1. The molecule has 4 rings (SSSR count). The third kappa shape index (κ3) is 4.73. The van der Waals surface area contributed by atoms with Gasteiger partial charge in [0.2, 0.25) is 0 Å². The molecule has 2 amide bonds. The van der Waals surface area contributed by atoms with E-state index in [0.717, 1.165) is 17.4 Å². The standard InChI is InChI=1S/C23H18F2N4O2S/c1-14-9-20(28-22(30)16-3-2-4-17(24)11-16)32-21(14)23(31)27-12-15-5-6-19(18(25)10-15)29-8-7-26-13-29/h2-11,13H,12H2,1H3,(H,27,31)(H,28,30). The predicted molar refractivity (Wildman–Crippen MR) is 118 cm³/mol. The average Bonchev–Trinajstić information content (AvgIpc) is 3.42. The van der Waals surface area contributed by atoms with Crippen molar-refractivity contribution < 1.29 is 18.4 Å². The van der Waals surface area contributed by atoms with Crippen LogP contribution in [-0.2, 0) is 6.54 Å². The van der Waals surface area contributed by atoms with E-state index in [1.807, 2.05) is 0 Å². The van der Waals surface area contributed by atoms with E-state index in [1.54, 1.807) is 42.1 Å². The molecule has 0 unspecified atom stereocenters. The Balaban J connectivity index is 1.40. The summed E-state index contributed by atoms with van der Waals surface area (Å²) in [6.07, 6.45) is 4.71. The maximum absolute atomic E-state index is 14.4. The van der Waals surface area contributed by atoms with Crippen molar-refractivity contribution in [3.63, 3.8) is 0 Å². The lowest BCUT2D eigenvalue weighted by atomic mass is 10.2. The highest BCUT2D eigenvalue weighted by atomic mass is 32.1. The van der Waals surface area contributed by atoms with E-state index in [9.17, 15) is 18.4 Å². The Morgan fingerprint density at radius 2 is 1.94 bits per heavy atom. The molecule has 0 aliphatic rings. The van der Waals surface area contributed by atoms with Gasteiger partial charge in [0.15, 0.2) is 0 Å². The van der Waals surface area contributed by atoms with Crippen LogP contribution in [0.4, 0.5) is 13.8 Å². The number of rotatable bonds is 6. The van der Waals surface area contributed by atoms with Gasteiger partial charge < -0.3 is 15.2 Å². The Morgan fingerprint density at radius 3 is 2.66 bits per heavy atom. The fourth-order valence-electron chi connectivity index (χ4n) is 3.12. The molecular weight excluding hydrogens is 434 g/mol. The minimum Gasteiger partial charge on any atom is -0.347 e. The number of halogens is 2. The minimum absolute atomic E-state index is 0.141. The van der Waals surface area contributed by atoms with E-state index in [-0.39, 0.29) is 18.0 Å². The van der Waals surface area contributed by atoms with Gasteiger partial charge in [0.25, 0.3) is 11.8 Å². The molecule has 6 nitrogen and oxygen atoms in total. The van der Waals surface area contributed by atoms with Crippen LogP contribution in [-0.4, -0.2) is 21.4 Å². The van der Waals surface area contributed by atoms with Gasteiger partial charge in [0.1, 0.15) is 11.6 Å². The Hall–Kier alpha value is -3.85. The number of imidazole rings is 1. The number of nitrogens with one attached hydrogen (secondary N) is 2. The number of aromatic nitrogens is 2. The number of hydrogen-bond donors (Lipinski definition) is 2. The van der Waals surface area contributed by atoms with Gasteiger partial charge in [-0.3, -0.25) is 9.59 Å². The molecule has 0 spiro atoms. The maximum atomic E-state index is 14.4. The Kier molecular flexibility index (Phi) is 6.09. The molecule has 0 aliphatic carbocycles. The van der Waals surface area contributed by atoms with Crippen LogP contribution >= 0.6 is 11.3 Å². The molecule has 2 N–H and O–H groups in total. The van der Waals surface area contributed by atoms with Crippen LogP contribution < -0.4 is 10.6 Å². The van der Waals surface area contributed by atoms with Crippen molar-refractivity contribution >= 4 is 28.2 Å². The van der Waals surface area contributed by atoms with Crippen LogP contribution in [0.2, 0.25) is 0 Å². The van der Waals surface area contributed by atoms with Crippen LogP contribution in [0.25, 0.3) is 5.69 Å². The first-order valence-electron chi connectivity index (χ1n) is 9.63. The Labute approximate surface area is 186 Å². The molecule has 9 heteroatoms. The lowest BCUT2D eigenvalue weighted by Crippen LogP contribution is -2.22. The number of benzene rings is 2. The first-order chi connectivity index (χ1) is 15.4. The molecule has 2 aromatic carbocycles. The van der Waals surface area contributed by atoms with Crippen LogP contribution in [0.5, 0.6) is 0 Å². The monoisotopic (exact) mass is 452 g/mol. The highest BCUT2D eigenvalue weighted by Crippen LogP contribution is 2.27. The lowest BCUT2D eigenvalue weighted by molar-refractivity contribution is 0.0953. The van der Waals surface area contributed by atoms with Gasteiger partial charge in [-0.15, -0.1) is 11.3 Å². The van der Waals surface area contributed by atoms with Crippen LogP contribution in [0.3, 0.4) is 0 Å². The third-order valence-electron chi connectivity index (χ3n) is 4.70. The van der Waals surface area contributed by atoms with E-state index < -0.39 is 17.5 Å². The summed E-state index contributed by atoms with van der Waals surface area (Å²) in [6.45, 7) is 1.89. The van der Waals surface area contributed by atoms with Crippen molar-refractivity contribution in [3.05, 3.63) is 100 Å². The number of carbonyl (C=O) groups excluding carboxylic acids is 2. The van der Waals surface area contributed by atoms with E-state index in [4.69, 9.17) is 0 Å². The van der Waals surface area contributed by atoms with E-state index >= 15 is 0 Å². The fourth-order valence-corrected chi connectivity index (χ4v) is 4.10. The number of amides is 2. The summed E-state index contributed by atoms with van der Waals surface area (Å²) in [4.78, 5) is 29.2. The van der Waals surface area contributed by atoms with E-state index in [2.05, 4.69) is 15.6 Å². The van der Waals surface area contributed by atoms with Gasteiger partial charge in [0, 0.05) is 24.5 Å². The predicted octanol–water partition coefficient (Wildman–Crippen LogP) is 4.70. The van der Waals surface area contributed by atoms with Gasteiger partial charge in [-0.1, -0.05) is 12.1 Å². The third-order valence-corrected chi connectivity index (χ3v) is 5.85. The second-order valence-electron chi connectivity index (χ2n) is 7.03. The van der Waals surface area contributed by atoms with Crippen LogP contribution in [0.15, 0.2) is 67.3 Å². The zero-order valence-electron chi connectivity index (χ0n) is 16.9. The second kappa shape index (κ2) is 9.11. The molecular formula is C23H18F2N4O2S. The molecule has 2 heterocycles. The quantitative estimate of drug-likeness (QED) is 0.445. The topological polar surface area (TPSA) is 76.0 Å². The number of nitrogens with zero attached hydrogens (tertiary/aromatic N) is 2. The zero-order chi connectivity index (χ0) is 22.7. The Morgan fingerprint density at radius 1 is 1.09 bits per heavy atom. The molecule has 0 fully saturated rings. The number of carbonyl (C=O) groups is 2. The van der Waals surface area contributed by atoms with Crippen molar-refractivity contribution in [1.82, 2.24) is 14.9 Å². The summed E-state index contributed by atoms with van der Waals surface area (Å²) in [5, 5.41) is 5.92. The summed E-state index contributed by atoms with van der Waals surface area (Å²) in [5.74, 6) is -1.73. The van der Waals surface area contributed by atoms with Crippen molar-refractivity contribution in [2.45, 2.75) is 13.5 Å². The zero-order valence-corrected chi connectivity index (χ0v) is 17.7. The number of aryl methyl sites for hydroxylation is 1. The molecule has 0 saturated heterocycles. The molecule has 0 saturated carbocycles. The molecule has 2 aromatic heterocycles. The summed E-state index contributed by atoms with van der Waals surface area (Å²) < 4.78 is 29.3. The molecule has 162 valence electrons. The van der Waals surface area contributed by atoms with Crippen LogP contribution in [0.1, 0.15) is 31.2 Å². The summed E-state index contributed by atoms with van der Waals surface area (Å²) in [6, 6.07) is 11.7. The summed E-state index contributed by atoms with van der Waals surface area (Å²) in [7, 11) is 0. The van der Waals surface area contributed by atoms with Crippen molar-refractivity contribution in [2.24, 2.45) is 0 Å². The molecule has 0 bridgehead atoms. The van der Waals surface area contributed by atoms with E-state index in [0.29, 0.717) is 26.7 Å². The smallest absolute Gasteiger partial charge is 0.261 e. The second-order valence-corrected chi connectivity index (χ2v) is 8.08. The van der Waals surface area contributed by atoms with Gasteiger partial charge >= 0.3 is 0 Å². The molecule has 4 aromatic rings. The highest BCUT2D eigenvalue weighted by molar-refractivity contribution is 7.18. The average molecular weight is 452 g/mol. The first-order valence-corrected chi connectivity index (χ1v) is 10.4. The molecule has 32 heavy (non-hydrogen) atoms. The van der Waals surface area contributed by atoms with Crippen molar-refractivity contribution in [2.75, 3.05) is 5.32 Å². The molecule has 0 aliphatic heterocycles. The first kappa shape index (κ1) is 21.4. The van der Waals surface area contributed by atoms with Gasteiger partial charge in [-0.05, 0) is 54.4 Å². The van der Waals surface area contributed by atoms with Gasteiger partial charge in [0.05, 0.1) is 21.9 Å². The van der Waals surface area contributed by atoms with Gasteiger partial charge in [-0.2, -0.15) is 0 Å². The normalized spacial score (nSPS) is 10.7. The van der Waals surface area contributed by atoms with Gasteiger partial charge in [-0.25, -0.2) is 13.8 Å². The van der Waals surface area contributed by atoms with Crippen molar-refractivity contribution in [3.8, 4) is 5.69 Å². The molecule has 0 radical (unpaired) electrons.